The Labute approximate surface area is 101 Å². The molecule has 4 heteroatoms. The van der Waals surface area contributed by atoms with Gasteiger partial charge < -0.3 is 10.3 Å². The smallest absolute Gasteiger partial charge is 0.258 e. The van der Waals surface area contributed by atoms with Crippen LogP contribution in [0.15, 0.2) is 22.7 Å². The summed E-state index contributed by atoms with van der Waals surface area (Å²) in [5.74, 6) is 1.32. The highest BCUT2D eigenvalue weighted by Crippen LogP contribution is 2.25. The highest BCUT2D eigenvalue weighted by molar-refractivity contribution is 5.66. The number of benzene rings is 1. The Morgan fingerprint density at radius 2 is 2.18 bits per heavy atom. The van der Waals surface area contributed by atoms with Crippen molar-refractivity contribution in [2.24, 2.45) is 0 Å². The highest BCUT2D eigenvalue weighted by atomic mass is 16.5. The predicted molar refractivity (Wildman–Crippen MR) is 67.5 cm³/mol. The topological polar surface area (TPSA) is 64.9 Å². The number of unbranched alkanes of at least 4 members (excludes halogenated alkanes) is 1. The van der Waals surface area contributed by atoms with Crippen LogP contribution in [-0.4, -0.2) is 10.1 Å². The molecule has 1 aromatic heterocycles. The van der Waals surface area contributed by atoms with Crippen molar-refractivity contribution in [3.63, 3.8) is 0 Å². The van der Waals surface area contributed by atoms with E-state index in [0.717, 1.165) is 41.9 Å². The van der Waals surface area contributed by atoms with E-state index in [4.69, 9.17) is 10.3 Å². The van der Waals surface area contributed by atoms with E-state index in [-0.39, 0.29) is 0 Å². The zero-order valence-corrected chi connectivity index (χ0v) is 10.2. The number of aromatic nitrogens is 2. The number of hydrogen-bond donors (Lipinski definition) is 1. The number of nitrogens with two attached hydrogens (primary N) is 1. The van der Waals surface area contributed by atoms with Crippen LogP contribution in [0, 0.1) is 6.92 Å². The normalized spacial score (nSPS) is 10.7. The molecule has 4 nitrogen and oxygen atoms in total. The van der Waals surface area contributed by atoms with E-state index in [0.29, 0.717) is 5.89 Å². The summed E-state index contributed by atoms with van der Waals surface area (Å²) in [5, 5.41) is 3.97. The standard InChI is InChI=1S/C13H17N3O/c1-3-4-8-12-15-13(17-16-12)10-6-5-7-11(14)9(10)2/h5-7H,3-4,8,14H2,1-2H3. The molecule has 0 unspecified atom stereocenters. The second-order valence-corrected chi connectivity index (χ2v) is 4.14. The summed E-state index contributed by atoms with van der Waals surface area (Å²) in [6.07, 6.45) is 3.07. The lowest BCUT2D eigenvalue weighted by Gasteiger charge is -2.02. The maximum atomic E-state index is 5.86. The summed E-state index contributed by atoms with van der Waals surface area (Å²) in [6.45, 7) is 4.10. The van der Waals surface area contributed by atoms with Crippen LogP contribution in [0.4, 0.5) is 5.69 Å². The fraction of sp³-hybridized carbons (Fsp3) is 0.385. The molecule has 0 atom stereocenters. The van der Waals surface area contributed by atoms with Gasteiger partial charge in [0.25, 0.3) is 5.89 Å². The van der Waals surface area contributed by atoms with Gasteiger partial charge in [0.1, 0.15) is 0 Å². The zero-order chi connectivity index (χ0) is 12.3. The maximum Gasteiger partial charge on any atom is 0.258 e. The third-order valence-electron chi connectivity index (χ3n) is 2.83. The lowest BCUT2D eigenvalue weighted by molar-refractivity contribution is 0.421. The lowest BCUT2D eigenvalue weighted by atomic mass is 10.1. The number of nitrogen functional groups attached to an aromatic ring is 1. The van der Waals surface area contributed by atoms with Crippen LogP contribution in [0.25, 0.3) is 11.5 Å². The maximum absolute atomic E-state index is 5.86. The summed E-state index contributed by atoms with van der Waals surface area (Å²) >= 11 is 0. The van der Waals surface area contributed by atoms with Crippen LogP contribution in [0.2, 0.25) is 0 Å². The molecule has 17 heavy (non-hydrogen) atoms. The van der Waals surface area contributed by atoms with Gasteiger partial charge in [0.15, 0.2) is 5.82 Å². The van der Waals surface area contributed by atoms with Gasteiger partial charge in [0, 0.05) is 17.7 Å². The lowest BCUT2D eigenvalue weighted by Crippen LogP contribution is -1.92. The van der Waals surface area contributed by atoms with E-state index >= 15 is 0 Å². The van der Waals surface area contributed by atoms with Crippen molar-refractivity contribution in [2.45, 2.75) is 33.1 Å². The summed E-state index contributed by atoms with van der Waals surface area (Å²) < 4.78 is 5.27. The quantitative estimate of drug-likeness (QED) is 0.821. The average Bonchev–Trinajstić information content (AvgIpc) is 2.78. The van der Waals surface area contributed by atoms with Crippen molar-refractivity contribution in [1.82, 2.24) is 10.1 Å². The van der Waals surface area contributed by atoms with Gasteiger partial charge in [-0.25, -0.2) is 0 Å². The Balaban J connectivity index is 2.27. The number of aryl methyl sites for hydroxylation is 1. The Morgan fingerprint density at radius 3 is 2.94 bits per heavy atom. The van der Waals surface area contributed by atoms with Crippen molar-refractivity contribution in [1.29, 1.82) is 0 Å². The molecule has 90 valence electrons. The minimum atomic E-state index is 0.556. The Hall–Kier alpha value is -1.84. The largest absolute Gasteiger partial charge is 0.398 e. The van der Waals surface area contributed by atoms with Crippen LogP contribution < -0.4 is 5.73 Å². The monoisotopic (exact) mass is 231 g/mol. The summed E-state index contributed by atoms with van der Waals surface area (Å²) in [4.78, 5) is 4.39. The summed E-state index contributed by atoms with van der Waals surface area (Å²) in [6, 6.07) is 5.71. The van der Waals surface area contributed by atoms with Gasteiger partial charge in [-0.2, -0.15) is 4.98 Å². The van der Waals surface area contributed by atoms with Crippen LogP contribution in [0.3, 0.4) is 0 Å². The van der Waals surface area contributed by atoms with Gasteiger partial charge in [-0.15, -0.1) is 0 Å². The first-order chi connectivity index (χ1) is 8.22. The molecule has 2 rings (SSSR count). The Morgan fingerprint density at radius 1 is 1.35 bits per heavy atom. The third kappa shape index (κ3) is 2.46. The molecular weight excluding hydrogens is 214 g/mol. The average molecular weight is 231 g/mol. The van der Waals surface area contributed by atoms with E-state index in [9.17, 15) is 0 Å². The third-order valence-corrected chi connectivity index (χ3v) is 2.83. The first-order valence-electron chi connectivity index (χ1n) is 5.90. The molecule has 0 bridgehead atoms. The first-order valence-corrected chi connectivity index (χ1v) is 5.90. The van der Waals surface area contributed by atoms with Gasteiger partial charge >= 0.3 is 0 Å². The van der Waals surface area contributed by atoms with Crippen LogP contribution in [0.5, 0.6) is 0 Å². The molecule has 2 N–H and O–H groups in total. The number of nitrogens with zero attached hydrogens (tertiary/aromatic N) is 2. The zero-order valence-electron chi connectivity index (χ0n) is 10.2. The second kappa shape index (κ2) is 4.99. The molecule has 0 radical (unpaired) electrons. The van der Waals surface area contributed by atoms with Crippen LogP contribution in [0.1, 0.15) is 31.2 Å². The second-order valence-electron chi connectivity index (χ2n) is 4.14. The van der Waals surface area contributed by atoms with Gasteiger partial charge in [0.05, 0.1) is 0 Å². The Kier molecular flexibility index (Phi) is 3.42. The van der Waals surface area contributed by atoms with Gasteiger partial charge in [-0.05, 0) is 31.0 Å². The molecule has 0 amide bonds. The molecule has 0 fully saturated rings. The molecule has 2 aromatic rings. The number of hydrogen-bond acceptors (Lipinski definition) is 4. The van der Waals surface area contributed by atoms with Crippen molar-refractivity contribution in [3.8, 4) is 11.5 Å². The molecule has 1 aromatic carbocycles. The molecule has 0 saturated carbocycles. The van der Waals surface area contributed by atoms with E-state index in [1.165, 1.54) is 0 Å². The van der Waals surface area contributed by atoms with Gasteiger partial charge in [0.2, 0.25) is 0 Å². The molecule has 0 spiro atoms. The van der Waals surface area contributed by atoms with E-state index in [1.54, 1.807) is 0 Å². The van der Waals surface area contributed by atoms with Crippen LogP contribution in [-0.2, 0) is 6.42 Å². The SMILES string of the molecule is CCCCc1noc(-c2cccc(N)c2C)n1. The molecular formula is C13H17N3O. The fourth-order valence-corrected chi connectivity index (χ4v) is 1.68. The van der Waals surface area contributed by atoms with Crippen LogP contribution >= 0.6 is 0 Å². The van der Waals surface area contributed by atoms with Crippen molar-refractivity contribution >= 4 is 5.69 Å². The van der Waals surface area contributed by atoms with Gasteiger partial charge in [-0.3, -0.25) is 0 Å². The first kappa shape index (κ1) is 11.6. The molecule has 0 aliphatic rings. The molecule has 0 saturated heterocycles. The van der Waals surface area contributed by atoms with E-state index < -0.39 is 0 Å². The van der Waals surface area contributed by atoms with E-state index in [2.05, 4.69) is 17.1 Å². The minimum Gasteiger partial charge on any atom is -0.398 e. The molecule has 0 aliphatic heterocycles. The predicted octanol–water partition coefficient (Wildman–Crippen LogP) is 2.97. The van der Waals surface area contributed by atoms with Crippen molar-refractivity contribution in [2.75, 3.05) is 5.73 Å². The minimum absolute atomic E-state index is 0.556. The summed E-state index contributed by atoms with van der Waals surface area (Å²) in [5.41, 5.74) is 8.50. The fourth-order valence-electron chi connectivity index (χ4n) is 1.68. The molecule has 1 heterocycles. The number of rotatable bonds is 4. The Bertz CT molecular complexity index is 505. The van der Waals surface area contributed by atoms with Gasteiger partial charge in [-0.1, -0.05) is 24.6 Å². The molecule has 0 aliphatic carbocycles. The number of anilines is 1. The van der Waals surface area contributed by atoms with Crippen molar-refractivity contribution in [3.05, 3.63) is 29.6 Å². The van der Waals surface area contributed by atoms with E-state index in [1.807, 2.05) is 25.1 Å². The summed E-state index contributed by atoms with van der Waals surface area (Å²) in [7, 11) is 0. The van der Waals surface area contributed by atoms with Crippen molar-refractivity contribution < 1.29 is 4.52 Å². The highest BCUT2D eigenvalue weighted by Gasteiger charge is 2.11.